The predicted octanol–water partition coefficient (Wildman–Crippen LogP) is 1.76. The van der Waals surface area contributed by atoms with Gasteiger partial charge in [0.15, 0.2) is 0 Å². The van der Waals surface area contributed by atoms with Crippen molar-refractivity contribution in [2.45, 2.75) is 19.1 Å². The predicted molar refractivity (Wildman–Crippen MR) is 80.6 cm³/mol. The third-order valence-corrected chi connectivity index (χ3v) is 3.96. The quantitative estimate of drug-likeness (QED) is 0.781. The molecule has 1 aromatic rings. The van der Waals surface area contributed by atoms with Crippen LogP contribution in [0.3, 0.4) is 0 Å². The molecule has 1 saturated heterocycles. The Kier molecular flexibility index (Phi) is 5.63. The SMILES string of the molecule is COCCNCc1ccc(N2CCC(O)C2)c(Br)c1. The molecule has 1 fully saturated rings. The van der Waals surface area contributed by atoms with Crippen molar-refractivity contribution in [3.05, 3.63) is 28.2 Å². The zero-order valence-electron chi connectivity index (χ0n) is 11.2. The number of methoxy groups -OCH3 is 1. The van der Waals surface area contributed by atoms with Crippen LogP contribution in [0.15, 0.2) is 22.7 Å². The maximum Gasteiger partial charge on any atom is 0.0731 e. The van der Waals surface area contributed by atoms with Crippen LogP contribution < -0.4 is 10.2 Å². The van der Waals surface area contributed by atoms with E-state index in [2.05, 4.69) is 44.3 Å². The molecule has 0 bridgehead atoms. The summed E-state index contributed by atoms with van der Waals surface area (Å²) < 4.78 is 6.09. The van der Waals surface area contributed by atoms with Gasteiger partial charge in [-0.05, 0) is 40.0 Å². The monoisotopic (exact) mass is 328 g/mol. The molecule has 4 nitrogen and oxygen atoms in total. The lowest BCUT2D eigenvalue weighted by Gasteiger charge is -2.20. The highest BCUT2D eigenvalue weighted by Crippen LogP contribution is 2.30. The van der Waals surface area contributed by atoms with E-state index < -0.39 is 0 Å². The molecule has 0 spiro atoms. The second-order valence-corrected chi connectivity index (χ2v) is 5.70. The lowest BCUT2D eigenvalue weighted by Crippen LogP contribution is -2.22. The number of rotatable bonds is 6. The fourth-order valence-corrected chi connectivity index (χ4v) is 2.96. The molecule has 0 aliphatic carbocycles. The van der Waals surface area contributed by atoms with Gasteiger partial charge >= 0.3 is 0 Å². The van der Waals surface area contributed by atoms with Crippen molar-refractivity contribution >= 4 is 21.6 Å². The van der Waals surface area contributed by atoms with Crippen LogP contribution in [0, 0.1) is 0 Å². The molecule has 5 heteroatoms. The number of aliphatic hydroxyl groups excluding tert-OH is 1. The third-order valence-electron chi connectivity index (χ3n) is 3.33. The van der Waals surface area contributed by atoms with E-state index in [4.69, 9.17) is 4.74 Å². The molecule has 0 aromatic heterocycles. The second-order valence-electron chi connectivity index (χ2n) is 4.84. The van der Waals surface area contributed by atoms with Gasteiger partial charge in [-0.15, -0.1) is 0 Å². The molecule has 1 aliphatic heterocycles. The van der Waals surface area contributed by atoms with Crippen molar-refractivity contribution in [1.29, 1.82) is 0 Å². The minimum Gasteiger partial charge on any atom is -0.391 e. The Morgan fingerprint density at radius 3 is 3.00 bits per heavy atom. The minimum absolute atomic E-state index is 0.192. The molecule has 1 aliphatic rings. The molecular weight excluding hydrogens is 308 g/mol. The molecule has 2 rings (SSSR count). The number of β-amino-alcohol motifs (C(OH)–C–C–N with tert-alkyl or cyclic N) is 1. The Morgan fingerprint density at radius 2 is 2.37 bits per heavy atom. The summed E-state index contributed by atoms with van der Waals surface area (Å²) in [6.07, 6.45) is 0.662. The van der Waals surface area contributed by atoms with Crippen LogP contribution in [0.5, 0.6) is 0 Å². The van der Waals surface area contributed by atoms with E-state index in [1.54, 1.807) is 7.11 Å². The van der Waals surface area contributed by atoms with Crippen LogP contribution in [0.2, 0.25) is 0 Å². The van der Waals surface area contributed by atoms with Crippen molar-refractivity contribution in [3.63, 3.8) is 0 Å². The maximum absolute atomic E-state index is 9.59. The van der Waals surface area contributed by atoms with E-state index in [-0.39, 0.29) is 6.10 Å². The van der Waals surface area contributed by atoms with E-state index >= 15 is 0 Å². The van der Waals surface area contributed by atoms with E-state index in [1.165, 1.54) is 5.56 Å². The molecule has 0 saturated carbocycles. The van der Waals surface area contributed by atoms with Gasteiger partial charge in [-0.3, -0.25) is 0 Å². The fraction of sp³-hybridized carbons (Fsp3) is 0.571. The van der Waals surface area contributed by atoms with Crippen LogP contribution in [0.4, 0.5) is 5.69 Å². The van der Waals surface area contributed by atoms with Crippen molar-refractivity contribution in [1.82, 2.24) is 5.32 Å². The number of aliphatic hydroxyl groups is 1. The Morgan fingerprint density at radius 1 is 1.53 bits per heavy atom. The highest BCUT2D eigenvalue weighted by atomic mass is 79.9. The van der Waals surface area contributed by atoms with E-state index in [0.717, 1.165) is 49.4 Å². The maximum atomic E-state index is 9.59. The number of halogens is 1. The number of ether oxygens (including phenoxy) is 1. The van der Waals surface area contributed by atoms with Crippen LogP contribution >= 0.6 is 15.9 Å². The van der Waals surface area contributed by atoms with E-state index in [1.807, 2.05) is 0 Å². The van der Waals surface area contributed by atoms with Crippen molar-refractivity contribution in [3.8, 4) is 0 Å². The summed E-state index contributed by atoms with van der Waals surface area (Å²) >= 11 is 3.62. The molecule has 1 heterocycles. The number of benzene rings is 1. The summed E-state index contributed by atoms with van der Waals surface area (Å²) in [7, 11) is 1.71. The summed E-state index contributed by atoms with van der Waals surface area (Å²) in [6, 6.07) is 6.39. The van der Waals surface area contributed by atoms with Gasteiger partial charge in [0.05, 0.1) is 18.4 Å². The lowest BCUT2D eigenvalue weighted by molar-refractivity contribution is 0.198. The highest BCUT2D eigenvalue weighted by Gasteiger charge is 2.21. The Hall–Kier alpha value is -0.620. The molecule has 0 radical (unpaired) electrons. The molecular formula is C14H21BrN2O2. The first-order valence-electron chi connectivity index (χ1n) is 6.62. The van der Waals surface area contributed by atoms with Crippen molar-refractivity contribution in [2.75, 3.05) is 38.3 Å². The standard InChI is InChI=1S/C14H21BrN2O2/c1-19-7-5-16-9-11-2-3-14(13(15)8-11)17-6-4-12(18)10-17/h2-3,8,12,16,18H,4-7,9-10H2,1H3. The number of anilines is 1. The smallest absolute Gasteiger partial charge is 0.0731 e. The van der Waals surface area contributed by atoms with Crippen molar-refractivity contribution < 1.29 is 9.84 Å². The van der Waals surface area contributed by atoms with E-state index in [9.17, 15) is 5.11 Å². The first-order chi connectivity index (χ1) is 9.20. The van der Waals surface area contributed by atoms with Gasteiger partial charge in [-0.2, -0.15) is 0 Å². The Balaban J connectivity index is 1.93. The zero-order valence-corrected chi connectivity index (χ0v) is 12.8. The topological polar surface area (TPSA) is 44.7 Å². The number of hydrogen-bond acceptors (Lipinski definition) is 4. The van der Waals surface area contributed by atoms with Crippen LogP contribution in [-0.2, 0) is 11.3 Å². The molecule has 1 aromatic carbocycles. The second kappa shape index (κ2) is 7.24. The number of hydrogen-bond donors (Lipinski definition) is 2. The van der Waals surface area contributed by atoms with Crippen LogP contribution in [0.25, 0.3) is 0 Å². The number of nitrogens with zero attached hydrogens (tertiary/aromatic N) is 1. The lowest BCUT2D eigenvalue weighted by atomic mass is 10.2. The first-order valence-corrected chi connectivity index (χ1v) is 7.41. The Labute approximate surface area is 122 Å². The minimum atomic E-state index is -0.192. The molecule has 19 heavy (non-hydrogen) atoms. The van der Waals surface area contributed by atoms with Gasteiger partial charge in [0, 0.05) is 37.8 Å². The van der Waals surface area contributed by atoms with Gasteiger partial charge in [-0.1, -0.05) is 6.07 Å². The third kappa shape index (κ3) is 4.18. The van der Waals surface area contributed by atoms with Crippen LogP contribution in [-0.4, -0.2) is 44.6 Å². The summed E-state index contributed by atoms with van der Waals surface area (Å²) in [6.45, 7) is 4.07. The normalized spacial score (nSPS) is 19.1. The largest absolute Gasteiger partial charge is 0.391 e. The molecule has 2 N–H and O–H groups in total. The summed E-state index contributed by atoms with van der Waals surface area (Å²) in [5, 5.41) is 12.9. The Bertz CT molecular complexity index is 414. The molecule has 106 valence electrons. The van der Waals surface area contributed by atoms with Gasteiger partial charge < -0.3 is 20.1 Å². The first kappa shape index (κ1) is 14.8. The highest BCUT2D eigenvalue weighted by molar-refractivity contribution is 9.10. The fourth-order valence-electron chi connectivity index (χ4n) is 2.28. The average Bonchev–Trinajstić information content (AvgIpc) is 2.81. The van der Waals surface area contributed by atoms with Crippen LogP contribution in [0.1, 0.15) is 12.0 Å². The van der Waals surface area contributed by atoms with Gasteiger partial charge in [-0.25, -0.2) is 0 Å². The summed E-state index contributed by atoms with van der Waals surface area (Å²) in [5.74, 6) is 0. The van der Waals surface area contributed by atoms with Gasteiger partial charge in [0.1, 0.15) is 0 Å². The molecule has 1 unspecified atom stereocenters. The van der Waals surface area contributed by atoms with Gasteiger partial charge in [0.25, 0.3) is 0 Å². The summed E-state index contributed by atoms with van der Waals surface area (Å²) in [4.78, 5) is 2.22. The van der Waals surface area contributed by atoms with Crippen molar-refractivity contribution in [2.24, 2.45) is 0 Å². The van der Waals surface area contributed by atoms with E-state index in [0.29, 0.717) is 0 Å². The van der Waals surface area contributed by atoms with Gasteiger partial charge in [0.2, 0.25) is 0 Å². The summed E-state index contributed by atoms with van der Waals surface area (Å²) in [5.41, 5.74) is 2.41. The average molecular weight is 329 g/mol. The zero-order chi connectivity index (χ0) is 13.7. The number of nitrogens with one attached hydrogen (secondary N) is 1. The molecule has 1 atom stereocenters. The molecule has 0 amide bonds.